The van der Waals surface area contributed by atoms with Crippen LogP contribution in [0.4, 0.5) is 4.39 Å². The van der Waals surface area contributed by atoms with Crippen LogP contribution in [0.25, 0.3) is 0 Å². The summed E-state index contributed by atoms with van der Waals surface area (Å²) in [5.41, 5.74) is 1.74. The molecule has 1 aromatic heterocycles. The van der Waals surface area contributed by atoms with Crippen LogP contribution in [0, 0.1) is 5.82 Å². The van der Waals surface area contributed by atoms with Crippen molar-refractivity contribution in [2.24, 2.45) is 5.10 Å². The van der Waals surface area contributed by atoms with Gasteiger partial charge in [-0.15, -0.1) is 10.2 Å². The highest BCUT2D eigenvalue weighted by atomic mass is 32.2. The summed E-state index contributed by atoms with van der Waals surface area (Å²) in [5, 5.41) is 13.6. The number of halogens is 1. The number of rotatable bonds is 4. The maximum atomic E-state index is 13.1. The van der Waals surface area contributed by atoms with E-state index in [4.69, 9.17) is 4.74 Å². The van der Waals surface area contributed by atoms with Gasteiger partial charge in [0, 0.05) is 5.75 Å². The van der Waals surface area contributed by atoms with Crippen LogP contribution in [0.15, 0.2) is 64.9 Å². The Balaban J connectivity index is 1.58. The third kappa shape index (κ3) is 3.03. The van der Waals surface area contributed by atoms with E-state index in [0.29, 0.717) is 11.6 Å². The van der Waals surface area contributed by atoms with Crippen molar-refractivity contribution in [2.75, 3.05) is 5.75 Å². The molecule has 0 radical (unpaired) electrons. The van der Waals surface area contributed by atoms with E-state index in [1.807, 2.05) is 30.3 Å². The van der Waals surface area contributed by atoms with Gasteiger partial charge in [0.2, 0.25) is 5.16 Å². The van der Waals surface area contributed by atoms with E-state index in [1.54, 1.807) is 28.6 Å². The summed E-state index contributed by atoms with van der Waals surface area (Å²) in [5.74, 6) is 1.80. The highest BCUT2D eigenvalue weighted by Gasteiger charge is 2.20. The standard InChI is InChI=1S/C17H13FN4OS/c18-13-8-6-12(7-9-13)15-11-24-17-20-19-16(22(17)21-15)10-23-14-4-2-1-3-5-14/h1-9H,10-11H2. The number of thioether (sulfide) groups is 1. The lowest BCUT2D eigenvalue weighted by atomic mass is 10.1. The first kappa shape index (κ1) is 14.9. The topological polar surface area (TPSA) is 52.3 Å². The van der Waals surface area contributed by atoms with Gasteiger partial charge in [0.25, 0.3) is 0 Å². The maximum absolute atomic E-state index is 13.1. The predicted molar refractivity (Wildman–Crippen MR) is 89.9 cm³/mol. The third-order valence-corrected chi connectivity index (χ3v) is 4.45. The van der Waals surface area contributed by atoms with Crippen LogP contribution >= 0.6 is 11.8 Å². The smallest absolute Gasteiger partial charge is 0.212 e. The molecule has 0 saturated heterocycles. The fourth-order valence-corrected chi connectivity index (χ4v) is 3.16. The number of fused-ring (bicyclic) bond motifs is 1. The SMILES string of the molecule is Fc1ccc(C2=Nn3c(COc4ccccc4)nnc3SC2)cc1. The molecule has 1 aliphatic rings. The second kappa shape index (κ2) is 6.45. The molecule has 0 aliphatic carbocycles. The van der Waals surface area contributed by atoms with E-state index in [1.165, 1.54) is 12.1 Å². The number of benzene rings is 2. The van der Waals surface area contributed by atoms with Crippen molar-refractivity contribution >= 4 is 17.5 Å². The van der Waals surface area contributed by atoms with Gasteiger partial charge < -0.3 is 4.74 Å². The molecule has 0 unspecified atom stereocenters. The Hall–Kier alpha value is -2.67. The first-order valence-corrected chi connectivity index (χ1v) is 8.37. The molecule has 5 nitrogen and oxygen atoms in total. The molecule has 0 bridgehead atoms. The van der Waals surface area contributed by atoms with Gasteiger partial charge in [0.1, 0.15) is 18.2 Å². The molecule has 2 heterocycles. The number of para-hydroxylation sites is 1. The average Bonchev–Trinajstić information content (AvgIpc) is 3.04. The van der Waals surface area contributed by atoms with Crippen LogP contribution in [0.3, 0.4) is 0 Å². The lowest BCUT2D eigenvalue weighted by molar-refractivity contribution is 0.290. The van der Waals surface area contributed by atoms with Crippen molar-refractivity contribution < 1.29 is 9.13 Å². The second-order valence-corrected chi connectivity index (χ2v) is 6.10. The summed E-state index contributed by atoms with van der Waals surface area (Å²) in [6.45, 7) is 0.276. The molecule has 0 saturated carbocycles. The normalized spacial score (nSPS) is 13.3. The van der Waals surface area contributed by atoms with Gasteiger partial charge in [-0.05, 0) is 29.8 Å². The molecule has 7 heteroatoms. The maximum Gasteiger partial charge on any atom is 0.212 e. The van der Waals surface area contributed by atoms with Crippen LogP contribution in [0.2, 0.25) is 0 Å². The van der Waals surface area contributed by atoms with Gasteiger partial charge >= 0.3 is 0 Å². The Bertz CT molecular complexity index is 877. The molecule has 2 aromatic carbocycles. The third-order valence-electron chi connectivity index (χ3n) is 3.52. The van der Waals surface area contributed by atoms with Crippen molar-refractivity contribution in [1.82, 2.24) is 14.9 Å². The monoisotopic (exact) mass is 340 g/mol. The zero-order chi connectivity index (χ0) is 16.4. The summed E-state index contributed by atoms with van der Waals surface area (Å²) >= 11 is 1.55. The molecule has 0 N–H and O–H groups in total. The van der Waals surface area contributed by atoms with Gasteiger partial charge in [-0.3, -0.25) is 0 Å². The van der Waals surface area contributed by atoms with Crippen LogP contribution in [0.5, 0.6) is 5.75 Å². The van der Waals surface area contributed by atoms with Crippen LogP contribution in [0.1, 0.15) is 11.4 Å². The first-order valence-electron chi connectivity index (χ1n) is 7.38. The first-order chi connectivity index (χ1) is 11.8. The fraction of sp³-hybridized carbons (Fsp3) is 0.118. The van der Waals surface area contributed by atoms with Gasteiger partial charge in [-0.25, -0.2) is 4.39 Å². The minimum absolute atomic E-state index is 0.259. The van der Waals surface area contributed by atoms with E-state index in [9.17, 15) is 4.39 Å². The molecule has 120 valence electrons. The van der Waals surface area contributed by atoms with E-state index in [-0.39, 0.29) is 12.4 Å². The summed E-state index contributed by atoms with van der Waals surface area (Å²) in [6, 6.07) is 15.8. The number of hydrogen-bond acceptors (Lipinski definition) is 5. The van der Waals surface area contributed by atoms with E-state index >= 15 is 0 Å². The van der Waals surface area contributed by atoms with Crippen LogP contribution in [-0.2, 0) is 6.61 Å². The van der Waals surface area contributed by atoms with Crippen molar-refractivity contribution in [3.63, 3.8) is 0 Å². The van der Waals surface area contributed by atoms with Crippen molar-refractivity contribution in [3.8, 4) is 5.75 Å². The van der Waals surface area contributed by atoms with Gasteiger partial charge in [0.15, 0.2) is 5.82 Å². The molecule has 0 amide bonds. The molecule has 0 atom stereocenters. The molecule has 24 heavy (non-hydrogen) atoms. The number of aromatic nitrogens is 3. The Labute approximate surface area is 142 Å². The zero-order valence-electron chi connectivity index (χ0n) is 12.6. The van der Waals surface area contributed by atoms with Crippen molar-refractivity contribution in [1.29, 1.82) is 0 Å². The molecule has 3 aromatic rings. The zero-order valence-corrected chi connectivity index (χ0v) is 13.4. The Morgan fingerprint density at radius 2 is 1.83 bits per heavy atom. The number of ether oxygens (including phenoxy) is 1. The van der Waals surface area contributed by atoms with E-state index in [0.717, 1.165) is 22.2 Å². The second-order valence-electron chi connectivity index (χ2n) is 5.15. The quantitative estimate of drug-likeness (QED) is 0.731. The Kier molecular flexibility index (Phi) is 4.00. The van der Waals surface area contributed by atoms with Gasteiger partial charge in [-0.2, -0.15) is 9.78 Å². The fourth-order valence-electron chi connectivity index (χ4n) is 2.31. The molecular weight excluding hydrogens is 327 g/mol. The largest absolute Gasteiger partial charge is 0.486 e. The average molecular weight is 340 g/mol. The summed E-state index contributed by atoms with van der Waals surface area (Å²) in [4.78, 5) is 0. The van der Waals surface area contributed by atoms with E-state index in [2.05, 4.69) is 15.3 Å². The number of hydrogen-bond donors (Lipinski definition) is 0. The summed E-state index contributed by atoms with van der Waals surface area (Å²) in [7, 11) is 0. The summed E-state index contributed by atoms with van der Waals surface area (Å²) < 4.78 is 20.5. The lowest BCUT2D eigenvalue weighted by Gasteiger charge is -2.14. The minimum Gasteiger partial charge on any atom is -0.486 e. The van der Waals surface area contributed by atoms with E-state index < -0.39 is 0 Å². The number of nitrogens with zero attached hydrogens (tertiary/aromatic N) is 4. The van der Waals surface area contributed by atoms with Crippen LogP contribution < -0.4 is 4.74 Å². The molecular formula is C17H13FN4OS. The van der Waals surface area contributed by atoms with Gasteiger partial charge in [-0.1, -0.05) is 42.1 Å². The minimum atomic E-state index is -0.259. The lowest BCUT2D eigenvalue weighted by Crippen LogP contribution is -2.15. The predicted octanol–water partition coefficient (Wildman–Crippen LogP) is 3.35. The molecule has 1 aliphatic heterocycles. The summed E-state index contributed by atoms with van der Waals surface area (Å²) in [6.07, 6.45) is 0. The molecule has 0 spiro atoms. The molecule has 4 rings (SSSR count). The van der Waals surface area contributed by atoms with Crippen LogP contribution in [-0.4, -0.2) is 26.3 Å². The Morgan fingerprint density at radius 1 is 1.04 bits per heavy atom. The van der Waals surface area contributed by atoms with Gasteiger partial charge in [0.05, 0.1) is 5.71 Å². The molecule has 0 fully saturated rings. The Morgan fingerprint density at radius 3 is 2.62 bits per heavy atom. The highest BCUT2D eigenvalue weighted by molar-refractivity contribution is 7.99. The van der Waals surface area contributed by atoms with Crippen molar-refractivity contribution in [3.05, 3.63) is 71.8 Å². The highest BCUT2D eigenvalue weighted by Crippen LogP contribution is 2.24. The van der Waals surface area contributed by atoms with Crippen molar-refractivity contribution in [2.45, 2.75) is 11.8 Å².